The van der Waals surface area contributed by atoms with Crippen molar-refractivity contribution in [3.8, 4) is 0 Å². The van der Waals surface area contributed by atoms with Crippen LogP contribution in [-0.4, -0.2) is 92.1 Å². The average molecular weight is 605 g/mol. The lowest BCUT2D eigenvalue weighted by molar-refractivity contribution is -0.137. The molecule has 0 saturated heterocycles. The van der Waals surface area contributed by atoms with Gasteiger partial charge in [0.05, 0.1) is 33.0 Å². The van der Waals surface area contributed by atoms with Crippen LogP contribution in [0.2, 0.25) is 0 Å². The van der Waals surface area contributed by atoms with Crippen molar-refractivity contribution < 1.29 is 43.0 Å². The number of amides is 6. The van der Waals surface area contributed by atoms with Gasteiger partial charge in [-0.15, -0.1) is 0 Å². The van der Waals surface area contributed by atoms with Crippen LogP contribution in [0.3, 0.4) is 0 Å². The van der Waals surface area contributed by atoms with Crippen LogP contribution in [0.15, 0.2) is 36.4 Å². The van der Waals surface area contributed by atoms with Crippen molar-refractivity contribution in [2.45, 2.75) is 51.3 Å². The predicted octanol–water partition coefficient (Wildman–Crippen LogP) is -0.313. The number of rotatable bonds is 20. The van der Waals surface area contributed by atoms with Crippen LogP contribution in [0.4, 0.5) is 10.5 Å². The first-order valence-electron chi connectivity index (χ1n) is 13.9. The van der Waals surface area contributed by atoms with Crippen LogP contribution in [0.5, 0.6) is 0 Å². The molecule has 0 unspecified atom stereocenters. The fourth-order valence-electron chi connectivity index (χ4n) is 3.80. The number of nitrogens with zero attached hydrogens (tertiary/aromatic N) is 1. The number of benzene rings is 1. The quantitative estimate of drug-likeness (QED) is 0.0964. The lowest BCUT2D eigenvalue weighted by Crippen LogP contribution is -2.51. The number of unbranched alkanes of at least 4 members (excludes halogenated alkanes) is 1. The SMILES string of the molecule is C[C@H](NC(=O)CCOCCOCCN1C(=O)C=CC1=O)C(=O)N[C@@H](CCCCN)C(=O)Nc1ccc(COC(N)=O)cc1. The molecular weight excluding hydrogens is 564 g/mol. The molecule has 15 heteroatoms. The van der Waals surface area contributed by atoms with E-state index in [4.69, 9.17) is 25.7 Å². The minimum absolute atomic E-state index is 0.000954. The van der Waals surface area contributed by atoms with E-state index in [9.17, 15) is 28.8 Å². The molecule has 0 aromatic heterocycles. The van der Waals surface area contributed by atoms with E-state index in [-0.39, 0.29) is 57.8 Å². The Morgan fingerprint density at radius 1 is 0.884 bits per heavy atom. The van der Waals surface area contributed by atoms with E-state index in [1.165, 1.54) is 19.1 Å². The van der Waals surface area contributed by atoms with Gasteiger partial charge in [-0.3, -0.25) is 28.9 Å². The van der Waals surface area contributed by atoms with Crippen molar-refractivity contribution in [2.24, 2.45) is 11.5 Å². The molecule has 43 heavy (non-hydrogen) atoms. The van der Waals surface area contributed by atoms with Gasteiger partial charge in [0.1, 0.15) is 18.7 Å². The van der Waals surface area contributed by atoms with Gasteiger partial charge in [-0.05, 0) is 50.4 Å². The standard InChI is InChI=1S/C28H40N6O9/c1-19(31-23(35)11-14-41-16-17-42-15-13-34-24(36)9-10-25(34)37)26(38)33-22(4-2-3-12-29)27(39)32-21-7-5-20(6-8-21)18-43-28(30)40/h5-10,19,22H,2-4,11-18,29H2,1H3,(H2,30,40)(H,31,35)(H,32,39)(H,33,38)/t19-,22-/m0/s1. The number of nitrogens with one attached hydrogen (secondary N) is 3. The molecule has 2 rings (SSSR count). The second kappa shape index (κ2) is 19.0. The Balaban J connectivity index is 1.70. The van der Waals surface area contributed by atoms with Crippen LogP contribution in [0.25, 0.3) is 0 Å². The Hall–Kier alpha value is -4.34. The number of hydrogen-bond donors (Lipinski definition) is 5. The second-order valence-corrected chi connectivity index (χ2v) is 9.56. The van der Waals surface area contributed by atoms with E-state index < -0.39 is 35.9 Å². The Labute approximate surface area is 249 Å². The number of imide groups is 1. The molecule has 0 bridgehead atoms. The first-order valence-corrected chi connectivity index (χ1v) is 13.9. The van der Waals surface area contributed by atoms with Gasteiger partial charge in [0, 0.05) is 24.3 Å². The summed E-state index contributed by atoms with van der Waals surface area (Å²) in [6.07, 6.45) is 3.13. The molecule has 1 heterocycles. The molecule has 6 amide bonds. The summed E-state index contributed by atoms with van der Waals surface area (Å²) in [7, 11) is 0. The molecule has 15 nitrogen and oxygen atoms in total. The van der Waals surface area contributed by atoms with Gasteiger partial charge in [0.2, 0.25) is 17.7 Å². The maximum Gasteiger partial charge on any atom is 0.404 e. The van der Waals surface area contributed by atoms with Gasteiger partial charge in [-0.2, -0.15) is 0 Å². The highest BCUT2D eigenvalue weighted by atomic mass is 16.5. The fraction of sp³-hybridized carbons (Fsp3) is 0.500. The number of carbonyl (C=O) groups is 6. The van der Waals surface area contributed by atoms with Crippen molar-refractivity contribution in [3.05, 3.63) is 42.0 Å². The molecule has 0 fully saturated rings. The van der Waals surface area contributed by atoms with E-state index >= 15 is 0 Å². The minimum atomic E-state index is -0.907. The minimum Gasteiger partial charge on any atom is -0.445 e. The molecule has 1 aliphatic rings. The first kappa shape index (κ1) is 34.9. The van der Waals surface area contributed by atoms with E-state index in [1.54, 1.807) is 24.3 Å². The topological polar surface area (TPSA) is 221 Å². The molecule has 1 aromatic rings. The molecule has 1 aliphatic heterocycles. The molecule has 7 N–H and O–H groups in total. The summed E-state index contributed by atoms with van der Waals surface area (Å²) >= 11 is 0. The molecular formula is C28H40N6O9. The Kier molecular flexibility index (Phi) is 15.4. The fourth-order valence-corrected chi connectivity index (χ4v) is 3.80. The second-order valence-electron chi connectivity index (χ2n) is 9.56. The zero-order valence-corrected chi connectivity index (χ0v) is 24.2. The Morgan fingerprint density at radius 3 is 2.16 bits per heavy atom. The molecule has 2 atom stereocenters. The highest BCUT2D eigenvalue weighted by Gasteiger charge is 2.25. The number of anilines is 1. The Bertz CT molecular complexity index is 1120. The van der Waals surface area contributed by atoms with E-state index in [0.717, 1.165) is 4.90 Å². The van der Waals surface area contributed by atoms with Crippen molar-refractivity contribution in [1.29, 1.82) is 0 Å². The zero-order valence-electron chi connectivity index (χ0n) is 24.2. The van der Waals surface area contributed by atoms with Crippen LogP contribution >= 0.6 is 0 Å². The van der Waals surface area contributed by atoms with E-state index in [2.05, 4.69) is 16.0 Å². The summed E-state index contributed by atoms with van der Waals surface area (Å²) in [4.78, 5) is 72.8. The Morgan fingerprint density at radius 2 is 1.53 bits per heavy atom. The van der Waals surface area contributed by atoms with Crippen molar-refractivity contribution in [1.82, 2.24) is 15.5 Å². The summed E-state index contributed by atoms with van der Waals surface area (Å²) in [5.41, 5.74) is 11.7. The third kappa shape index (κ3) is 13.5. The first-order chi connectivity index (χ1) is 20.6. The molecule has 236 valence electrons. The van der Waals surface area contributed by atoms with Crippen LogP contribution < -0.4 is 27.4 Å². The highest BCUT2D eigenvalue weighted by Crippen LogP contribution is 2.12. The normalized spacial score (nSPS) is 13.9. The maximum absolute atomic E-state index is 13.0. The smallest absolute Gasteiger partial charge is 0.404 e. The summed E-state index contributed by atoms with van der Waals surface area (Å²) in [6.45, 7) is 2.76. The van der Waals surface area contributed by atoms with Gasteiger partial charge < -0.3 is 41.6 Å². The third-order valence-corrected chi connectivity index (χ3v) is 6.16. The number of nitrogens with two attached hydrogens (primary N) is 2. The molecule has 0 spiro atoms. The predicted molar refractivity (Wildman–Crippen MR) is 154 cm³/mol. The number of ether oxygens (including phenoxy) is 3. The highest BCUT2D eigenvalue weighted by molar-refractivity contribution is 6.12. The number of primary amides is 1. The van der Waals surface area contributed by atoms with Gasteiger partial charge in [-0.25, -0.2) is 4.79 Å². The largest absolute Gasteiger partial charge is 0.445 e. The lowest BCUT2D eigenvalue weighted by atomic mass is 10.1. The third-order valence-electron chi connectivity index (χ3n) is 6.16. The lowest BCUT2D eigenvalue weighted by Gasteiger charge is -2.21. The monoisotopic (exact) mass is 604 g/mol. The van der Waals surface area contributed by atoms with Gasteiger partial charge in [0.25, 0.3) is 11.8 Å². The van der Waals surface area contributed by atoms with Crippen molar-refractivity contribution in [2.75, 3.05) is 44.8 Å². The summed E-state index contributed by atoms with van der Waals surface area (Å²) in [5.74, 6) is -2.12. The van der Waals surface area contributed by atoms with Crippen LogP contribution in [0, 0.1) is 0 Å². The van der Waals surface area contributed by atoms with Crippen molar-refractivity contribution >= 4 is 41.3 Å². The summed E-state index contributed by atoms with van der Waals surface area (Å²) in [5, 5.41) is 8.03. The molecule has 0 aliphatic carbocycles. The molecule has 1 aromatic carbocycles. The molecule has 0 radical (unpaired) electrons. The summed E-state index contributed by atoms with van der Waals surface area (Å²) < 4.78 is 15.4. The number of hydrogen-bond acceptors (Lipinski definition) is 10. The van der Waals surface area contributed by atoms with Gasteiger partial charge in [0.15, 0.2) is 0 Å². The number of carbonyl (C=O) groups excluding carboxylic acids is 6. The van der Waals surface area contributed by atoms with Crippen molar-refractivity contribution in [3.63, 3.8) is 0 Å². The zero-order chi connectivity index (χ0) is 31.6. The van der Waals surface area contributed by atoms with Crippen LogP contribution in [0.1, 0.15) is 38.2 Å². The maximum atomic E-state index is 13.0. The van der Waals surface area contributed by atoms with Gasteiger partial charge >= 0.3 is 6.09 Å². The molecule has 0 saturated carbocycles. The summed E-state index contributed by atoms with van der Waals surface area (Å²) in [6, 6.07) is 4.81. The van der Waals surface area contributed by atoms with E-state index in [1.807, 2.05) is 0 Å². The van der Waals surface area contributed by atoms with Gasteiger partial charge in [-0.1, -0.05) is 12.1 Å². The van der Waals surface area contributed by atoms with E-state index in [0.29, 0.717) is 37.1 Å². The average Bonchev–Trinajstić information content (AvgIpc) is 3.29. The van der Waals surface area contributed by atoms with Crippen LogP contribution in [-0.2, 0) is 44.8 Å².